The summed E-state index contributed by atoms with van der Waals surface area (Å²) in [5.41, 5.74) is 0.564. The molecule has 1 N–H and O–H groups in total. The average molecular weight is 340 g/mol. The van der Waals surface area contributed by atoms with Crippen LogP contribution in [0.5, 0.6) is 0 Å². The van der Waals surface area contributed by atoms with Crippen molar-refractivity contribution in [2.24, 2.45) is 11.3 Å². The number of hydrogen-bond acceptors (Lipinski definition) is 5. The van der Waals surface area contributed by atoms with E-state index in [9.17, 15) is 18.5 Å². The molecule has 128 valence electrons. The SMILES string of the molecule is CC1CC(C)(C)CCC1Nc1ccc([N+](=O)[O-])c(S(C)(=O)=O)c1. The molecule has 0 saturated heterocycles. The topological polar surface area (TPSA) is 89.3 Å². The summed E-state index contributed by atoms with van der Waals surface area (Å²) in [6, 6.07) is 4.46. The van der Waals surface area contributed by atoms with Gasteiger partial charge < -0.3 is 5.32 Å². The van der Waals surface area contributed by atoms with E-state index >= 15 is 0 Å². The van der Waals surface area contributed by atoms with E-state index < -0.39 is 14.8 Å². The first-order valence-electron chi connectivity index (χ1n) is 7.75. The molecular weight excluding hydrogens is 316 g/mol. The molecule has 0 heterocycles. The van der Waals surface area contributed by atoms with Gasteiger partial charge in [-0.15, -0.1) is 0 Å². The van der Waals surface area contributed by atoms with Crippen molar-refractivity contribution < 1.29 is 13.3 Å². The van der Waals surface area contributed by atoms with Crippen LogP contribution in [0.2, 0.25) is 0 Å². The number of anilines is 1. The van der Waals surface area contributed by atoms with Gasteiger partial charge in [-0.1, -0.05) is 20.8 Å². The molecule has 7 heteroatoms. The molecule has 1 aromatic rings. The summed E-state index contributed by atoms with van der Waals surface area (Å²) in [4.78, 5) is 10.1. The van der Waals surface area contributed by atoms with Crippen molar-refractivity contribution in [2.75, 3.05) is 11.6 Å². The lowest BCUT2D eigenvalue weighted by Crippen LogP contribution is -2.36. The molecule has 1 aliphatic rings. The predicted molar refractivity (Wildman–Crippen MR) is 90.4 cm³/mol. The maximum absolute atomic E-state index is 11.8. The summed E-state index contributed by atoms with van der Waals surface area (Å²) in [6.07, 6.45) is 4.18. The summed E-state index contributed by atoms with van der Waals surface area (Å²) < 4.78 is 23.6. The van der Waals surface area contributed by atoms with E-state index in [1.165, 1.54) is 12.1 Å². The van der Waals surface area contributed by atoms with Gasteiger partial charge in [0, 0.05) is 24.1 Å². The number of nitrogens with one attached hydrogen (secondary N) is 1. The van der Waals surface area contributed by atoms with Crippen LogP contribution in [0, 0.1) is 21.4 Å². The Hall–Kier alpha value is -1.63. The Kier molecular flexibility index (Phi) is 4.71. The molecule has 1 saturated carbocycles. The van der Waals surface area contributed by atoms with Crippen molar-refractivity contribution in [3.8, 4) is 0 Å². The predicted octanol–water partition coefficient (Wildman–Crippen LogP) is 3.63. The van der Waals surface area contributed by atoms with Crippen LogP contribution in [0.4, 0.5) is 11.4 Å². The summed E-state index contributed by atoms with van der Waals surface area (Å²) in [5.74, 6) is 0.454. The fourth-order valence-corrected chi connectivity index (χ4v) is 4.29. The minimum absolute atomic E-state index is 0.240. The van der Waals surface area contributed by atoms with E-state index in [2.05, 4.69) is 26.1 Å². The summed E-state index contributed by atoms with van der Waals surface area (Å²) in [5, 5.41) is 14.4. The fourth-order valence-electron chi connectivity index (χ4n) is 3.43. The second-order valence-corrected chi connectivity index (χ2v) is 9.33. The zero-order valence-electron chi connectivity index (χ0n) is 14.0. The normalized spacial score (nSPS) is 24.2. The third kappa shape index (κ3) is 4.22. The molecule has 0 spiro atoms. The Labute approximate surface area is 137 Å². The first-order valence-corrected chi connectivity index (χ1v) is 9.64. The summed E-state index contributed by atoms with van der Waals surface area (Å²) in [6.45, 7) is 6.70. The third-order valence-electron chi connectivity index (χ3n) is 4.60. The standard InChI is InChI=1S/C16H24N2O4S/c1-11-10-16(2,3)8-7-13(11)17-12-5-6-14(18(19)20)15(9-12)23(4,21)22/h5-6,9,11,13,17H,7-8,10H2,1-4H3. The van der Waals surface area contributed by atoms with E-state index in [0.717, 1.165) is 25.5 Å². The van der Waals surface area contributed by atoms with E-state index in [4.69, 9.17) is 0 Å². The van der Waals surface area contributed by atoms with Gasteiger partial charge in [-0.2, -0.15) is 0 Å². The maximum Gasteiger partial charge on any atom is 0.288 e. The van der Waals surface area contributed by atoms with Crippen LogP contribution in [0.1, 0.15) is 40.0 Å². The first kappa shape index (κ1) is 17.7. The van der Waals surface area contributed by atoms with Crippen molar-refractivity contribution in [2.45, 2.75) is 51.0 Å². The Morgan fingerprint density at radius 2 is 2.00 bits per heavy atom. The third-order valence-corrected chi connectivity index (χ3v) is 5.73. The highest BCUT2D eigenvalue weighted by atomic mass is 32.2. The second-order valence-electron chi connectivity index (χ2n) is 7.35. The molecule has 1 aliphatic carbocycles. The van der Waals surface area contributed by atoms with E-state index in [1.807, 2.05) is 0 Å². The van der Waals surface area contributed by atoms with E-state index in [1.54, 1.807) is 6.07 Å². The summed E-state index contributed by atoms with van der Waals surface area (Å²) in [7, 11) is -3.66. The number of nitrogens with zero attached hydrogens (tertiary/aromatic N) is 1. The lowest BCUT2D eigenvalue weighted by Gasteiger charge is -2.40. The molecule has 1 aromatic carbocycles. The number of nitro benzene ring substituents is 1. The number of rotatable bonds is 4. The molecule has 6 nitrogen and oxygen atoms in total. The van der Waals surface area contributed by atoms with Gasteiger partial charge in [-0.25, -0.2) is 8.42 Å². The Morgan fingerprint density at radius 3 is 2.52 bits per heavy atom. The van der Waals surface area contributed by atoms with Gasteiger partial charge >= 0.3 is 0 Å². The zero-order chi connectivity index (χ0) is 17.4. The van der Waals surface area contributed by atoms with E-state index in [-0.39, 0.29) is 16.6 Å². The molecule has 1 fully saturated rings. The van der Waals surface area contributed by atoms with Gasteiger partial charge in [0.15, 0.2) is 9.84 Å². The van der Waals surface area contributed by atoms with Crippen LogP contribution in [-0.2, 0) is 9.84 Å². The molecule has 0 aromatic heterocycles. The fraction of sp³-hybridized carbons (Fsp3) is 0.625. The first-order chi connectivity index (χ1) is 10.5. The van der Waals surface area contributed by atoms with Crippen LogP contribution in [-0.4, -0.2) is 25.6 Å². The Bertz CT molecular complexity index is 713. The molecule has 0 amide bonds. The van der Waals surface area contributed by atoms with Gasteiger partial charge in [0.05, 0.1) is 4.92 Å². The minimum Gasteiger partial charge on any atom is -0.382 e. The van der Waals surface area contributed by atoms with Gasteiger partial charge in [0.2, 0.25) is 0 Å². The molecule has 23 heavy (non-hydrogen) atoms. The van der Waals surface area contributed by atoms with Gasteiger partial charge in [0.25, 0.3) is 5.69 Å². The molecule has 0 radical (unpaired) electrons. The molecule has 2 rings (SSSR count). The zero-order valence-corrected chi connectivity index (χ0v) is 14.8. The summed E-state index contributed by atoms with van der Waals surface area (Å²) >= 11 is 0. The van der Waals surface area contributed by atoms with Crippen LogP contribution in [0.15, 0.2) is 23.1 Å². The number of hydrogen-bond donors (Lipinski definition) is 1. The second kappa shape index (κ2) is 6.11. The highest BCUT2D eigenvalue weighted by Gasteiger charge is 2.32. The molecule has 2 unspecified atom stereocenters. The molecular formula is C16H24N2O4S. The van der Waals surface area contributed by atoms with Gasteiger partial charge in [0.1, 0.15) is 4.90 Å². The minimum atomic E-state index is -3.66. The molecule has 0 bridgehead atoms. The largest absolute Gasteiger partial charge is 0.382 e. The van der Waals surface area contributed by atoms with Crippen LogP contribution in [0.25, 0.3) is 0 Å². The molecule has 0 aliphatic heterocycles. The van der Waals surface area contributed by atoms with Gasteiger partial charge in [-0.3, -0.25) is 10.1 Å². The lowest BCUT2D eigenvalue weighted by molar-refractivity contribution is -0.387. The smallest absolute Gasteiger partial charge is 0.288 e. The Balaban J connectivity index is 2.27. The van der Waals surface area contributed by atoms with Crippen molar-refractivity contribution in [1.82, 2.24) is 0 Å². The van der Waals surface area contributed by atoms with E-state index in [0.29, 0.717) is 17.0 Å². The monoisotopic (exact) mass is 340 g/mol. The van der Waals surface area contributed by atoms with Crippen molar-refractivity contribution in [3.63, 3.8) is 0 Å². The number of nitro groups is 1. The average Bonchev–Trinajstić information content (AvgIpc) is 2.40. The highest BCUT2D eigenvalue weighted by Crippen LogP contribution is 2.40. The maximum atomic E-state index is 11.8. The van der Waals surface area contributed by atoms with Crippen LogP contribution >= 0.6 is 0 Å². The molecule has 2 atom stereocenters. The van der Waals surface area contributed by atoms with Crippen molar-refractivity contribution in [1.29, 1.82) is 0 Å². The number of sulfone groups is 1. The van der Waals surface area contributed by atoms with Crippen LogP contribution in [0.3, 0.4) is 0 Å². The quantitative estimate of drug-likeness (QED) is 0.668. The lowest BCUT2D eigenvalue weighted by atomic mass is 9.70. The van der Waals surface area contributed by atoms with Crippen molar-refractivity contribution >= 4 is 21.2 Å². The number of benzene rings is 1. The van der Waals surface area contributed by atoms with Crippen LogP contribution < -0.4 is 5.32 Å². The van der Waals surface area contributed by atoms with Gasteiger partial charge in [-0.05, 0) is 42.7 Å². The Morgan fingerprint density at radius 1 is 1.35 bits per heavy atom. The highest BCUT2D eigenvalue weighted by molar-refractivity contribution is 7.90. The van der Waals surface area contributed by atoms with Crippen molar-refractivity contribution in [3.05, 3.63) is 28.3 Å².